The van der Waals surface area contributed by atoms with Crippen LogP contribution < -0.4 is 5.73 Å². The van der Waals surface area contributed by atoms with Gasteiger partial charge in [0.2, 0.25) is 0 Å². The Morgan fingerprint density at radius 2 is 1.67 bits per heavy atom. The smallest absolute Gasteiger partial charge is 0.0553 e. The summed E-state index contributed by atoms with van der Waals surface area (Å²) in [7, 11) is 1.00. The van der Waals surface area contributed by atoms with Crippen molar-refractivity contribution in [3.8, 4) is 0 Å². The average molecular weight is 93.1 g/mol. The molecule has 0 bridgehead atoms. The lowest BCUT2D eigenvalue weighted by molar-refractivity contribution is 0.306. The average Bonchev–Trinajstić information content (AvgIpc) is 1.72. The normalized spacial score (nSPS) is 6.00. The predicted molar refractivity (Wildman–Crippen MR) is 24.3 cm³/mol. The van der Waals surface area contributed by atoms with E-state index in [1.165, 1.54) is 0 Å². The van der Waals surface area contributed by atoms with Crippen molar-refractivity contribution in [3.63, 3.8) is 0 Å². The van der Waals surface area contributed by atoms with Gasteiger partial charge in [0.15, 0.2) is 0 Å². The van der Waals surface area contributed by atoms with Gasteiger partial charge in [0.1, 0.15) is 0 Å². The summed E-state index contributed by atoms with van der Waals surface area (Å²) in [6.45, 7) is 0.472. The van der Waals surface area contributed by atoms with E-state index < -0.39 is 0 Å². The molecule has 0 saturated carbocycles. The van der Waals surface area contributed by atoms with Crippen LogP contribution in [0.5, 0.6) is 0 Å². The minimum atomic E-state index is 0.0972. The molecule has 0 aliphatic carbocycles. The molecule has 0 unspecified atom stereocenters. The Bertz CT molecular complexity index is 10.8. The molecule has 0 spiro atoms. The summed E-state index contributed by atoms with van der Waals surface area (Å²) in [5.41, 5.74) is 4.78. The maximum atomic E-state index is 7.75. The standard InChI is InChI=1S/C2H7NO.CH4O/c3-1-2-4;1-2/h4H,1-3H2;2H,1H3. The minimum absolute atomic E-state index is 0.0972. The zero-order valence-corrected chi connectivity index (χ0v) is 3.89. The number of rotatable bonds is 1. The van der Waals surface area contributed by atoms with E-state index in [0.29, 0.717) is 6.54 Å². The van der Waals surface area contributed by atoms with E-state index in [0.717, 1.165) is 7.11 Å². The molecule has 0 aromatic carbocycles. The van der Waals surface area contributed by atoms with E-state index in [2.05, 4.69) is 0 Å². The van der Waals surface area contributed by atoms with Gasteiger partial charge in [-0.05, 0) is 0 Å². The highest BCUT2D eigenvalue weighted by molar-refractivity contribution is 4.17. The van der Waals surface area contributed by atoms with Gasteiger partial charge in [0.05, 0.1) is 6.61 Å². The van der Waals surface area contributed by atoms with Crippen molar-refractivity contribution in [2.24, 2.45) is 5.73 Å². The summed E-state index contributed by atoms with van der Waals surface area (Å²) in [6, 6.07) is 0. The molecular formula is C3H11NO2. The lowest BCUT2D eigenvalue weighted by atomic mass is 10.8. The van der Waals surface area contributed by atoms with Gasteiger partial charge in [-0.2, -0.15) is 0 Å². The molecule has 0 heterocycles. The third-order valence-electron chi connectivity index (χ3n) is 0.129. The van der Waals surface area contributed by atoms with Gasteiger partial charge in [0, 0.05) is 13.7 Å². The van der Waals surface area contributed by atoms with Gasteiger partial charge >= 0.3 is 0 Å². The van der Waals surface area contributed by atoms with Crippen LogP contribution in [0.4, 0.5) is 0 Å². The van der Waals surface area contributed by atoms with E-state index >= 15 is 0 Å². The molecule has 0 aliphatic heterocycles. The highest BCUT2D eigenvalue weighted by Gasteiger charge is 1.56. The fraction of sp³-hybridized carbons (Fsp3) is 1.00. The Balaban J connectivity index is 0. The monoisotopic (exact) mass is 93.1 g/mol. The summed E-state index contributed by atoms with van der Waals surface area (Å²) < 4.78 is 0. The van der Waals surface area contributed by atoms with E-state index in [1.807, 2.05) is 0 Å². The van der Waals surface area contributed by atoms with Crippen molar-refractivity contribution < 1.29 is 10.2 Å². The topological polar surface area (TPSA) is 66.5 Å². The molecule has 0 rings (SSSR count). The predicted octanol–water partition coefficient (Wildman–Crippen LogP) is -1.45. The van der Waals surface area contributed by atoms with Crippen LogP contribution in [-0.2, 0) is 0 Å². The van der Waals surface area contributed by atoms with Crippen LogP contribution in [0.15, 0.2) is 0 Å². The number of aliphatic hydroxyl groups is 2. The van der Waals surface area contributed by atoms with Gasteiger partial charge in [-0.3, -0.25) is 0 Å². The third kappa shape index (κ3) is 41.6. The highest BCUT2D eigenvalue weighted by Crippen LogP contribution is 1.33. The molecule has 0 radical (unpaired) electrons. The second kappa shape index (κ2) is 20.8. The number of nitrogens with two attached hydrogens (primary N) is 1. The van der Waals surface area contributed by atoms with E-state index in [-0.39, 0.29) is 6.61 Å². The van der Waals surface area contributed by atoms with Crippen molar-refractivity contribution in [1.82, 2.24) is 0 Å². The van der Waals surface area contributed by atoms with Gasteiger partial charge in [-0.25, -0.2) is 0 Å². The molecule has 3 nitrogen and oxygen atoms in total. The zero-order valence-electron chi connectivity index (χ0n) is 3.89. The number of hydrogen-bond acceptors (Lipinski definition) is 3. The van der Waals surface area contributed by atoms with Crippen LogP contribution in [-0.4, -0.2) is 30.5 Å². The Morgan fingerprint density at radius 3 is 1.67 bits per heavy atom. The van der Waals surface area contributed by atoms with E-state index in [1.54, 1.807) is 0 Å². The summed E-state index contributed by atoms with van der Waals surface area (Å²) in [4.78, 5) is 0. The van der Waals surface area contributed by atoms with Crippen LogP contribution in [0.1, 0.15) is 0 Å². The molecule has 3 heteroatoms. The Hall–Kier alpha value is -0.120. The zero-order chi connectivity index (χ0) is 5.41. The first-order valence-electron chi connectivity index (χ1n) is 1.67. The molecule has 0 aromatic rings. The molecule has 0 amide bonds. The fourth-order valence-electron chi connectivity index (χ4n) is 0. The second-order valence-electron chi connectivity index (χ2n) is 0.512. The molecule has 4 N–H and O–H groups in total. The second-order valence-corrected chi connectivity index (χ2v) is 0.512. The highest BCUT2D eigenvalue weighted by atomic mass is 16.3. The van der Waals surface area contributed by atoms with Crippen molar-refractivity contribution in [3.05, 3.63) is 0 Å². The number of aliphatic hydroxyl groups excluding tert-OH is 2. The summed E-state index contributed by atoms with van der Waals surface area (Å²) >= 11 is 0. The maximum Gasteiger partial charge on any atom is 0.0553 e. The van der Waals surface area contributed by atoms with E-state index in [9.17, 15) is 0 Å². The van der Waals surface area contributed by atoms with E-state index in [4.69, 9.17) is 15.9 Å². The van der Waals surface area contributed by atoms with Gasteiger partial charge in [-0.1, -0.05) is 0 Å². The van der Waals surface area contributed by atoms with Gasteiger partial charge in [0.25, 0.3) is 0 Å². The van der Waals surface area contributed by atoms with Crippen LogP contribution in [0, 0.1) is 0 Å². The van der Waals surface area contributed by atoms with Crippen LogP contribution in [0.2, 0.25) is 0 Å². The van der Waals surface area contributed by atoms with Crippen molar-refractivity contribution in [2.75, 3.05) is 20.3 Å². The quantitative estimate of drug-likeness (QED) is 0.371. The molecule has 0 aromatic heterocycles. The SMILES string of the molecule is CO.NCCO. The third-order valence-corrected chi connectivity index (χ3v) is 0.129. The Labute approximate surface area is 37.4 Å². The van der Waals surface area contributed by atoms with Crippen molar-refractivity contribution in [1.29, 1.82) is 0 Å². The van der Waals surface area contributed by atoms with Crippen molar-refractivity contribution >= 4 is 0 Å². The lowest BCUT2D eigenvalue weighted by Gasteiger charge is -1.71. The first kappa shape index (κ1) is 9.30. The van der Waals surface area contributed by atoms with Crippen LogP contribution >= 0.6 is 0 Å². The first-order valence-corrected chi connectivity index (χ1v) is 1.67. The largest absolute Gasteiger partial charge is 0.400 e. The molecular weight excluding hydrogens is 82.0 g/mol. The maximum absolute atomic E-state index is 7.75. The lowest BCUT2D eigenvalue weighted by Crippen LogP contribution is -2.02. The fourth-order valence-corrected chi connectivity index (χ4v) is 0. The van der Waals surface area contributed by atoms with Gasteiger partial charge < -0.3 is 15.9 Å². The molecule has 0 atom stereocenters. The number of hydrogen-bond donors (Lipinski definition) is 3. The summed E-state index contributed by atoms with van der Waals surface area (Å²) in [5, 5.41) is 14.8. The summed E-state index contributed by atoms with van der Waals surface area (Å²) in [5.74, 6) is 0. The van der Waals surface area contributed by atoms with Crippen LogP contribution in [0.25, 0.3) is 0 Å². The Morgan fingerprint density at radius 1 is 1.50 bits per heavy atom. The Kier molecular flexibility index (Phi) is 32.2. The van der Waals surface area contributed by atoms with Crippen LogP contribution in [0.3, 0.4) is 0 Å². The summed E-state index contributed by atoms with van der Waals surface area (Å²) in [6.07, 6.45) is 0. The minimum Gasteiger partial charge on any atom is -0.400 e. The van der Waals surface area contributed by atoms with Crippen molar-refractivity contribution in [2.45, 2.75) is 0 Å². The molecule has 0 saturated heterocycles. The van der Waals surface area contributed by atoms with Gasteiger partial charge in [-0.15, -0.1) is 0 Å². The molecule has 6 heavy (non-hydrogen) atoms. The molecule has 0 fully saturated rings. The molecule has 0 aliphatic rings. The first-order chi connectivity index (χ1) is 2.91. The molecule has 40 valence electrons.